The third kappa shape index (κ3) is 26.4. The average molecular weight is 1230 g/mol. The van der Waals surface area contributed by atoms with Crippen LogP contribution in [0.4, 0.5) is 0 Å². The van der Waals surface area contributed by atoms with E-state index in [0.717, 1.165) is 124 Å². The van der Waals surface area contributed by atoms with Gasteiger partial charge in [0.1, 0.15) is 30.0 Å². The second-order valence-electron chi connectivity index (χ2n) is 20.8. The molecule has 2 saturated carbocycles. The first kappa shape index (κ1) is 78.4. The first-order valence-corrected chi connectivity index (χ1v) is 28.4. The predicted octanol–water partition coefficient (Wildman–Crippen LogP) is 5.66. The SMILES string of the molecule is C.C.C.CCCCC[C@H](O)CC[C@@H]1[C@H]2Cc3cccc(O)c3C[C@H]2C[C@H]1O.CCCCC[C@H](O)CC[C@@H]1[C@H]2Cc3cccc(OCC(=O)OCc4ccccc4)c3C[C@H]2C[C@H]1O.O=C(CBr)OCc1ccccc1.O=CO[O-].[H-].[K+].[K+]. The zero-order chi connectivity index (χ0) is 54.0. The van der Waals surface area contributed by atoms with Gasteiger partial charge >= 0.3 is 115 Å². The summed E-state index contributed by atoms with van der Waals surface area (Å²) in [6, 6.07) is 31.1. The molecule has 10 atom stereocenters. The predicted molar refractivity (Wildman–Crippen MR) is 311 cm³/mol. The summed E-state index contributed by atoms with van der Waals surface area (Å²) in [6.07, 6.45) is 16.3. The Morgan fingerprint density at radius 3 is 1.52 bits per heavy atom. The van der Waals surface area contributed by atoms with Gasteiger partial charge < -0.3 is 51.3 Å². The van der Waals surface area contributed by atoms with Crippen LogP contribution in [0.3, 0.4) is 0 Å². The van der Waals surface area contributed by atoms with Crippen molar-refractivity contribution in [1.29, 1.82) is 0 Å². The Morgan fingerprint density at radius 1 is 0.637 bits per heavy atom. The molecule has 0 radical (unpaired) electrons. The molecule has 4 aromatic carbocycles. The summed E-state index contributed by atoms with van der Waals surface area (Å²) in [4.78, 5) is 34.2. The number of hydrogen-bond donors (Lipinski definition) is 5. The number of phenolic OH excluding ortho intramolecular Hbond substituents is 1. The number of carbonyl (C=O) groups is 3. The maximum absolute atomic E-state index is 12.2. The summed E-state index contributed by atoms with van der Waals surface area (Å²) in [5.74, 6) is 2.91. The van der Waals surface area contributed by atoms with Crippen molar-refractivity contribution in [2.75, 3.05) is 11.9 Å². The van der Waals surface area contributed by atoms with E-state index in [1.54, 1.807) is 6.07 Å². The maximum atomic E-state index is 12.2. The summed E-state index contributed by atoms with van der Waals surface area (Å²) in [6.45, 7) is 4.66. The minimum absolute atomic E-state index is 0. The van der Waals surface area contributed by atoms with E-state index in [0.29, 0.717) is 41.9 Å². The van der Waals surface area contributed by atoms with Crippen molar-refractivity contribution in [2.24, 2.45) is 35.5 Å². The van der Waals surface area contributed by atoms with Crippen molar-refractivity contribution < 1.29 is 168 Å². The Labute approximate surface area is 574 Å². The summed E-state index contributed by atoms with van der Waals surface area (Å²) in [5, 5.41) is 60.8. The summed E-state index contributed by atoms with van der Waals surface area (Å²) < 4.78 is 16.2. The molecule has 8 rings (SSSR count). The molecule has 0 aromatic heterocycles. The van der Waals surface area contributed by atoms with Crippen molar-refractivity contribution in [3.05, 3.63) is 130 Å². The second-order valence-corrected chi connectivity index (χ2v) is 21.3. The van der Waals surface area contributed by atoms with Crippen LogP contribution in [0.25, 0.3) is 0 Å². The maximum Gasteiger partial charge on any atom is 1.00 e. The fourth-order valence-electron chi connectivity index (χ4n) is 11.8. The van der Waals surface area contributed by atoms with E-state index in [1.165, 1.54) is 30.4 Å². The number of esters is 2. The summed E-state index contributed by atoms with van der Waals surface area (Å²) in [7, 11) is 0. The van der Waals surface area contributed by atoms with Gasteiger partial charge in [0, 0.05) is 0 Å². The number of halogens is 1. The van der Waals surface area contributed by atoms with E-state index in [4.69, 9.17) is 24.3 Å². The number of benzene rings is 4. The molecule has 0 heterocycles. The average Bonchev–Trinajstić information content (AvgIpc) is 3.91. The van der Waals surface area contributed by atoms with Crippen LogP contribution in [-0.4, -0.2) is 80.3 Å². The number of rotatable bonds is 23. The van der Waals surface area contributed by atoms with E-state index < -0.39 is 0 Å². The van der Waals surface area contributed by atoms with Gasteiger partial charge in [-0.15, -0.1) is 0 Å². The van der Waals surface area contributed by atoms with Gasteiger partial charge in [-0.25, -0.2) is 4.79 Å². The van der Waals surface area contributed by atoms with E-state index in [1.807, 2.05) is 78.9 Å². The van der Waals surface area contributed by atoms with Gasteiger partial charge in [0.15, 0.2) is 6.61 Å². The van der Waals surface area contributed by atoms with Gasteiger partial charge in [0.25, 0.3) is 6.47 Å². The molecule has 438 valence electrons. The van der Waals surface area contributed by atoms with Crippen LogP contribution < -0.4 is 113 Å². The molecular weight excluding hydrogens is 1130 g/mol. The molecule has 0 spiro atoms. The van der Waals surface area contributed by atoms with Gasteiger partial charge in [-0.1, -0.05) is 176 Å². The number of ether oxygens (including phenoxy) is 3. The third-order valence-electron chi connectivity index (χ3n) is 15.6. The zero-order valence-electron chi connectivity index (χ0n) is 47.0. The minimum Gasteiger partial charge on any atom is -1.00 e. The molecule has 16 heteroatoms. The number of aliphatic hydroxyl groups is 4. The number of alkyl halides is 1. The van der Waals surface area contributed by atoms with Crippen molar-refractivity contribution >= 4 is 34.3 Å². The van der Waals surface area contributed by atoms with Gasteiger partial charge in [0.05, 0.1) is 24.4 Å². The fraction of sp³-hybridized carbons (Fsp3) is 0.578. The molecular formula is C64H95BrK2O13. The van der Waals surface area contributed by atoms with Crippen molar-refractivity contribution in [1.82, 2.24) is 0 Å². The Bertz CT molecular complexity index is 2280. The van der Waals surface area contributed by atoms with Crippen LogP contribution in [0.1, 0.15) is 161 Å². The number of hydrogen-bond acceptors (Lipinski definition) is 13. The Kier molecular flexibility index (Phi) is 43.1. The van der Waals surface area contributed by atoms with Gasteiger partial charge in [-0.3, -0.25) is 9.59 Å². The van der Waals surface area contributed by atoms with Crippen molar-refractivity contribution in [3.63, 3.8) is 0 Å². The molecule has 5 N–H and O–H groups in total. The monoisotopic (exact) mass is 1230 g/mol. The van der Waals surface area contributed by atoms with Crippen LogP contribution in [-0.2, 0) is 67.6 Å². The van der Waals surface area contributed by atoms with E-state index in [9.17, 15) is 35.1 Å². The molecule has 0 saturated heterocycles. The largest absolute Gasteiger partial charge is 1.00 e. The zero-order valence-corrected chi connectivity index (χ0v) is 53.9. The Morgan fingerprint density at radius 2 is 1.07 bits per heavy atom. The first-order chi connectivity index (χ1) is 36.4. The quantitative estimate of drug-likeness (QED) is 0.0116. The van der Waals surface area contributed by atoms with Crippen LogP contribution in [0, 0.1) is 35.5 Å². The summed E-state index contributed by atoms with van der Waals surface area (Å²) in [5.41, 5.74) is 6.71. The van der Waals surface area contributed by atoms with Crippen LogP contribution in [0.2, 0.25) is 0 Å². The molecule has 0 unspecified atom stereocenters. The number of carbonyl (C=O) groups excluding carboxylic acids is 3. The smallest absolute Gasteiger partial charge is 1.00 e. The van der Waals surface area contributed by atoms with Crippen LogP contribution in [0.5, 0.6) is 11.5 Å². The Balaban J connectivity index is 0. The van der Waals surface area contributed by atoms with Crippen LogP contribution in [0.15, 0.2) is 97.1 Å². The number of fused-ring (bicyclic) bond motifs is 4. The second kappa shape index (κ2) is 44.0. The fourth-order valence-corrected chi connectivity index (χ4v) is 11.9. The molecule has 0 aliphatic heterocycles. The van der Waals surface area contributed by atoms with Crippen molar-refractivity contribution in [2.45, 2.75) is 189 Å². The van der Waals surface area contributed by atoms with E-state index in [2.05, 4.69) is 46.8 Å². The normalized spacial score (nSPS) is 21.1. The first-order valence-electron chi connectivity index (χ1n) is 27.3. The molecule has 0 amide bonds. The summed E-state index contributed by atoms with van der Waals surface area (Å²) >= 11 is 3.01. The molecule has 4 aliphatic carbocycles. The standard InChI is InChI=1S/C30H40O5.C21H32O3.C9H9BrO2.CH2O3.3CH4.2K.H/c1-2-3-5-12-24(31)14-15-25-26-16-22-11-8-13-29(27(22)17-23(26)18-28(25)32)34-20-30(33)35-19-21-9-6-4-7-10-21;1-2-3-4-7-16(22)9-10-17-18-11-14-6-5-8-20(23)19(14)12-15(18)13-21(17)24;10-6-9(11)12-7-8-4-2-1-3-5-8;2-1-4-3;;;;;;/h4,6-11,13,23-26,28,31-32H,2-3,5,12,14-20H2,1H3;5-6,8,15-18,21-24H,2-4,7,9-13H2,1H3;1-5H,6-7H2;1,3H;3*1H4;;;/q;;;;;;;2*+1;-1/p-1/t23-,24-,25+,26-,28+;15-,16-,17+,18-,21+;;;;;;;;/m00......../s1. The minimum atomic E-state index is -0.381. The van der Waals surface area contributed by atoms with E-state index >= 15 is 0 Å². The molecule has 13 nitrogen and oxygen atoms in total. The Hall–Kier alpha value is -1.56. The molecule has 4 aromatic rings. The molecule has 4 aliphatic rings. The molecule has 2 fully saturated rings. The number of unbranched alkanes of at least 4 members (excludes halogenated alkanes) is 4. The van der Waals surface area contributed by atoms with Gasteiger partial charge in [0.2, 0.25) is 0 Å². The number of phenols is 1. The number of aliphatic hydroxyl groups excluding tert-OH is 4. The molecule has 80 heavy (non-hydrogen) atoms. The van der Waals surface area contributed by atoms with Crippen molar-refractivity contribution in [3.8, 4) is 11.5 Å². The number of aromatic hydroxyl groups is 1. The third-order valence-corrected chi connectivity index (χ3v) is 16.1. The van der Waals surface area contributed by atoms with Gasteiger partial charge in [-0.05, 0) is 158 Å². The van der Waals surface area contributed by atoms with E-state index in [-0.39, 0.29) is 194 Å². The van der Waals surface area contributed by atoms with Gasteiger partial charge in [-0.2, -0.15) is 0 Å². The van der Waals surface area contributed by atoms with Crippen LogP contribution >= 0.6 is 15.9 Å². The topological polar surface area (TPSA) is 212 Å². The molecule has 0 bridgehead atoms.